The summed E-state index contributed by atoms with van der Waals surface area (Å²) in [5, 5.41) is 21.0. The molecule has 1 heterocycles. The van der Waals surface area contributed by atoms with Crippen LogP contribution in [0.15, 0.2) is 0 Å². The van der Waals surface area contributed by atoms with E-state index in [0.29, 0.717) is 6.42 Å². The third-order valence-corrected chi connectivity index (χ3v) is 3.82. The average molecular weight is 229 g/mol. The van der Waals surface area contributed by atoms with E-state index in [9.17, 15) is 9.59 Å². The molecule has 16 heavy (non-hydrogen) atoms. The largest absolute Gasteiger partial charge is 0.481 e. The SMILES string of the molecule is CC1(C(=O)O)CC(C)(C)C(C)(CC(=O)O)N1. The summed E-state index contributed by atoms with van der Waals surface area (Å²) in [6.07, 6.45) is 0.335. The Bertz CT molecular complexity index is 339. The van der Waals surface area contributed by atoms with Crippen molar-refractivity contribution < 1.29 is 19.8 Å². The molecule has 92 valence electrons. The lowest BCUT2D eigenvalue weighted by atomic mass is 9.71. The van der Waals surface area contributed by atoms with E-state index in [4.69, 9.17) is 10.2 Å². The number of carboxylic acids is 2. The van der Waals surface area contributed by atoms with E-state index in [-0.39, 0.29) is 11.8 Å². The molecule has 1 fully saturated rings. The molecule has 0 amide bonds. The Morgan fingerprint density at radius 1 is 1.19 bits per heavy atom. The van der Waals surface area contributed by atoms with Crippen LogP contribution in [0, 0.1) is 5.41 Å². The minimum Gasteiger partial charge on any atom is -0.481 e. The molecule has 0 spiro atoms. The Morgan fingerprint density at radius 3 is 2.00 bits per heavy atom. The van der Waals surface area contributed by atoms with Crippen molar-refractivity contribution in [3.8, 4) is 0 Å². The molecule has 5 heteroatoms. The van der Waals surface area contributed by atoms with Crippen LogP contribution in [0.5, 0.6) is 0 Å². The van der Waals surface area contributed by atoms with Gasteiger partial charge in [-0.1, -0.05) is 13.8 Å². The van der Waals surface area contributed by atoms with Gasteiger partial charge in [0.05, 0.1) is 6.42 Å². The Labute approximate surface area is 94.8 Å². The van der Waals surface area contributed by atoms with Gasteiger partial charge in [-0.15, -0.1) is 0 Å². The van der Waals surface area contributed by atoms with E-state index in [1.54, 1.807) is 13.8 Å². The van der Waals surface area contributed by atoms with Crippen LogP contribution in [-0.4, -0.2) is 33.2 Å². The molecule has 2 atom stereocenters. The van der Waals surface area contributed by atoms with E-state index in [0.717, 1.165) is 0 Å². The van der Waals surface area contributed by atoms with Crippen LogP contribution in [-0.2, 0) is 9.59 Å². The zero-order valence-corrected chi connectivity index (χ0v) is 10.1. The summed E-state index contributed by atoms with van der Waals surface area (Å²) in [5.41, 5.74) is -2.13. The highest BCUT2D eigenvalue weighted by Crippen LogP contribution is 2.47. The normalized spacial score (nSPS) is 37.2. The lowest BCUT2D eigenvalue weighted by Gasteiger charge is -2.36. The van der Waals surface area contributed by atoms with Crippen molar-refractivity contribution in [1.29, 1.82) is 0 Å². The quantitative estimate of drug-likeness (QED) is 0.674. The highest BCUT2D eigenvalue weighted by Gasteiger charge is 2.58. The number of hydrogen-bond acceptors (Lipinski definition) is 3. The number of carbonyl (C=O) groups is 2. The van der Waals surface area contributed by atoms with Crippen LogP contribution < -0.4 is 5.32 Å². The van der Waals surface area contributed by atoms with Crippen LogP contribution >= 0.6 is 0 Å². The second kappa shape index (κ2) is 3.45. The van der Waals surface area contributed by atoms with E-state index < -0.39 is 23.0 Å². The first-order valence-electron chi connectivity index (χ1n) is 5.27. The smallest absolute Gasteiger partial charge is 0.323 e. The van der Waals surface area contributed by atoms with Gasteiger partial charge in [-0.2, -0.15) is 0 Å². The van der Waals surface area contributed by atoms with Crippen LogP contribution in [0.2, 0.25) is 0 Å². The summed E-state index contributed by atoms with van der Waals surface area (Å²) in [7, 11) is 0. The molecule has 1 aliphatic rings. The highest BCUT2D eigenvalue weighted by atomic mass is 16.4. The molecule has 0 aromatic heterocycles. The molecule has 1 aliphatic heterocycles. The molecule has 0 bridgehead atoms. The molecule has 3 N–H and O–H groups in total. The first-order chi connectivity index (χ1) is 7.02. The molecule has 1 rings (SSSR count). The molecule has 0 aromatic rings. The van der Waals surface area contributed by atoms with Gasteiger partial charge in [0.25, 0.3) is 0 Å². The Balaban J connectivity index is 3.05. The molecule has 0 aliphatic carbocycles. The standard InChI is InChI=1S/C11H19NO4/c1-9(2)6-10(3,8(15)16)12-11(9,4)5-7(13)14/h12H,5-6H2,1-4H3,(H,13,14)(H,15,16). The van der Waals surface area contributed by atoms with Gasteiger partial charge >= 0.3 is 11.9 Å². The summed E-state index contributed by atoms with van der Waals surface area (Å²) < 4.78 is 0. The maximum atomic E-state index is 11.2. The van der Waals surface area contributed by atoms with Crippen molar-refractivity contribution in [3.63, 3.8) is 0 Å². The predicted octanol–water partition coefficient (Wildman–Crippen LogP) is 1.08. The zero-order valence-electron chi connectivity index (χ0n) is 10.1. The first kappa shape index (κ1) is 13.0. The molecule has 5 nitrogen and oxygen atoms in total. The Kier molecular flexibility index (Phi) is 2.79. The topological polar surface area (TPSA) is 86.6 Å². The molecular formula is C11H19NO4. The van der Waals surface area contributed by atoms with Crippen molar-refractivity contribution in [2.45, 2.75) is 51.6 Å². The van der Waals surface area contributed by atoms with Crippen molar-refractivity contribution in [3.05, 3.63) is 0 Å². The van der Waals surface area contributed by atoms with Gasteiger partial charge in [0.2, 0.25) is 0 Å². The fraction of sp³-hybridized carbons (Fsp3) is 0.818. The number of nitrogens with one attached hydrogen (secondary N) is 1. The Hall–Kier alpha value is -1.10. The van der Waals surface area contributed by atoms with E-state index in [1.807, 2.05) is 13.8 Å². The summed E-state index contributed by atoms with van der Waals surface area (Å²) in [6, 6.07) is 0. The number of hydrogen-bond donors (Lipinski definition) is 3. The third kappa shape index (κ3) is 1.91. The van der Waals surface area contributed by atoms with Crippen molar-refractivity contribution in [2.24, 2.45) is 5.41 Å². The van der Waals surface area contributed by atoms with Gasteiger partial charge in [-0.25, -0.2) is 0 Å². The van der Waals surface area contributed by atoms with Crippen LogP contribution in [0.1, 0.15) is 40.5 Å². The highest BCUT2D eigenvalue weighted by molar-refractivity contribution is 5.80. The minimum atomic E-state index is -1.05. The minimum absolute atomic E-state index is 0.0805. The van der Waals surface area contributed by atoms with Crippen LogP contribution in [0.3, 0.4) is 0 Å². The van der Waals surface area contributed by atoms with E-state index in [2.05, 4.69) is 5.32 Å². The lowest BCUT2D eigenvalue weighted by Crippen LogP contribution is -2.54. The van der Waals surface area contributed by atoms with Gasteiger partial charge in [0.15, 0.2) is 0 Å². The predicted molar refractivity (Wildman–Crippen MR) is 58.2 cm³/mol. The molecule has 2 unspecified atom stereocenters. The number of carboxylic acid groups (broad SMARTS) is 2. The first-order valence-corrected chi connectivity index (χ1v) is 5.27. The molecule has 0 radical (unpaired) electrons. The van der Waals surface area contributed by atoms with E-state index in [1.165, 1.54) is 0 Å². The number of aliphatic carboxylic acids is 2. The second-order valence-corrected chi connectivity index (χ2v) is 5.73. The zero-order chi connectivity index (χ0) is 12.8. The van der Waals surface area contributed by atoms with Gasteiger partial charge in [-0.3, -0.25) is 14.9 Å². The van der Waals surface area contributed by atoms with Crippen molar-refractivity contribution in [1.82, 2.24) is 5.32 Å². The second-order valence-electron chi connectivity index (χ2n) is 5.73. The fourth-order valence-electron chi connectivity index (χ4n) is 2.62. The van der Waals surface area contributed by atoms with Gasteiger partial charge in [0.1, 0.15) is 5.54 Å². The Morgan fingerprint density at radius 2 is 1.69 bits per heavy atom. The molecule has 1 saturated heterocycles. The van der Waals surface area contributed by atoms with Crippen molar-refractivity contribution >= 4 is 11.9 Å². The maximum Gasteiger partial charge on any atom is 0.323 e. The summed E-state index contributed by atoms with van der Waals surface area (Å²) in [4.78, 5) is 22.0. The molecular weight excluding hydrogens is 210 g/mol. The average Bonchev–Trinajstić information content (AvgIpc) is 2.16. The summed E-state index contributed by atoms with van der Waals surface area (Å²) in [5.74, 6) is -1.85. The third-order valence-electron chi connectivity index (χ3n) is 3.82. The molecule has 0 aromatic carbocycles. The summed E-state index contributed by atoms with van der Waals surface area (Å²) in [6.45, 7) is 7.17. The van der Waals surface area contributed by atoms with Gasteiger partial charge in [0, 0.05) is 5.54 Å². The van der Waals surface area contributed by atoms with Crippen molar-refractivity contribution in [2.75, 3.05) is 0 Å². The fourth-order valence-corrected chi connectivity index (χ4v) is 2.62. The van der Waals surface area contributed by atoms with Gasteiger partial charge < -0.3 is 10.2 Å². The number of rotatable bonds is 3. The molecule has 0 saturated carbocycles. The summed E-state index contributed by atoms with van der Waals surface area (Å²) >= 11 is 0. The van der Waals surface area contributed by atoms with E-state index >= 15 is 0 Å². The monoisotopic (exact) mass is 229 g/mol. The van der Waals surface area contributed by atoms with Gasteiger partial charge in [-0.05, 0) is 25.7 Å². The van der Waals surface area contributed by atoms with Crippen LogP contribution in [0.4, 0.5) is 0 Å². The lowest BCUT2D eigenvalue weighted by molar-refractivity contribution is -0.145. The van der Waals surface area contributed by atoms with Crippen LogP contribution in [0.25, 0.3) is 0 Å². The maximum absolute atomic E-state index is 11.2.